The number of carbonyl (C=O) groups is 1. The smallest absolute Gasteiger partial charge is 0.291 e. The molecule has 3 aromatic carbocycles. The second kappa shape index (κ2) is 7.02. The molecule has 1 heterocycles. The average Bonchev–Trinajstić information content (AvgIpc) is 2.66. The molecule has 4 nitrogen and oxygen atoms in total. The average molecular weight is 365 g/mol. The molecule has 2 atom stereocenters. The van der Waals surface area contributed by atoms with Crippen molar-refractivity contribution >= 4 is 27.8 Å². The lowest BCUT2D eigenvalue weighted by molar-refractivity contribution is -0.120. The van der Waals surface area contributed by atoms with Gasteiger partial charge in [0.2, 0.25) is 0 Å². The summed E-state index contributed by atoms with van der Waals surface area (Å²) in [5.41, 5.74) is 2.21. The molecule has 0 N–H and O–H groups in total. The third-order valence-electron chi connectivity index (χ3n) is 4.75. The summed E-state index contributed by atoms with van der Waals surface area (Å²) in [5.74, 6) is 0.526. The summed E-state index contributed by atoms with van der Waals surface area (Å²) < 4.78 is 20.2. The van der Waals surface area contributed by atoms with Crippen molar-refractivity contribution in [3.05, 3.63) is 77.9 Å². The molecule has 0 aliphatic carbocycles. The Morgan fingerprint density at radius 2 is 1.69 bits per heavy atom. The quantitative estimate of drug-likeness (QED) is 0.706. The Hall–Kier alpha value is -2.50. The van der Waals surface area contributed by atoms with Crippen LogP contribution in [0.4, 0.5) is 0 Å². The monoisotopic (exact) mass is 365 g/mol. The maximum atomic E-state index is 12.9. The van der Waals surface area contributed by atoms with Gasteiger partial charge >= 0.3 is 0 Å². The van der Waals surface area contributed by atoms with Gasteiger partial charge in [-0.3, -0.25) is 4.79 Å². The van der Waals surface area contributed by atoms with E-state index in [4.69, 9.17) is 4.18 Å². The van der Waals surface area contributed by atoms with Gasteiger partial charge in [0.15, 0.2) is 0 Å². The molecule has 0 saturated carbocycles. The molecule has 3 aromatic rings. The second-order valence-corrected chi connectivity index (χ2v) is 7.55. The molecule has 26 heavy (non-hydrogen) atoms. The van der Waals surface area contributed by atoms with Crippen molar-refractivity contribution in [2.24, 2.45) is 0 Å². The molecule has 0 bridgehead atoms. The second-order valence-electron chi connectivity index (χ2n) is 6.48. The van der Waals surface area contributed by atoms with Gasteiger partial charge in [-0.2, -0.15) is 8.51 Å². The molecule has 0 radical (unpaired) electrons. The number of Topliss-reactive ketones (excluding diaryl/α,β-unsaturated/α-hetero) is 1. The van der Waals surface area contributed by atoms with Gasteiger partial charge in [-0.05, 0) is 47.4 Å². The fraction of sp³-hybridized carbons (Fsp3) is 0.190. The number of hydrogen-bond donors (Lipinski definition) is 0. The van der Waals surface area contributed by atoms with Gasteiger partial charge in [-0.25, -0.2) is 0 Å². The van der Waals surface area contributed by atoms with Gasteiger partial charge in [0, 0.05) is 6.54 Å². The third kappa shape index (κ3) is 3.28. The first-order valence-corrected chi connectivity index (χ1v) is 9.58. The molecule has 0 amide bonds. The Labute approximate surface area is 155 Å². The van der Waals surface area contributed by atoms with E-state index in [0.717, 1.165) is 21.9 Å². The van der Waals surface area contributed by atoms with Crippen LogP contribution in [0.1, 0.15) is 18.1 Å². The molecule has 1 aliphatic heterocycles. The summed E-state index contributed by atoms with van der Waals surface area (Å²) >= 11 is -1.75. The lowest BCUT2D eigenvalue weighted by Gasteiger charge is -2.33. The number of carbonyl (C=O) groups excluding carboxylic acids is 1. The van der Waals surface area contributed by atoms with Crippen LogP contribution in [0, 0.1) is 0 Å². The Morgan fingerprint density at radius 1 is 1.00 bits per heavy atom. The number of ketones is 1. The van der Waals surface area contributed by atoms with Crippen LogP contribution in [0.25, 0.3) is 10.8 Å². The molecule has 1 aliphatic rings. The van der Waals surface area contributed by atoms with E-state index >= 15 is 0 Å². The fourth-order valence-electron chi connectivity index (χ4n) is 3.35. The minimum atomic E-state index is -1.75. The van der Waals surface area contributed by atoms with Crippen molar-refractivity contribution in [1.82, 2.24) is 4.31 Å². The van der Waals surface area contributed by atoms with Crippen LogP contribution in [-0.2, 0) is 29.0 Å². The summed E-state index contributed by atoms with van der Waals surface area (Å²) in [6.45, 7) is 1.97. The summed E-state index contributed by atoms with van der Waals surface area (Å²) in [6, 6.07) is 21.1. The number of benzene rings is 3. The van der Waals surface area contributed by atoms with Gasteiger partial charge in [0.25, 0.3) is 11.3 Å². The van der Waals surface area contributed by atoms with E-state index in [9.17, 15) is 9.00 Å². The van der Waals surface area contributed by atoms with E-state index in [2.05, 4.69) is 0 Å². The fourth-order valence-corrected chi connectivity index (χ4v) is 4.39. The highest BCUT2D eigenvalue weighted by Crippen LogP contribution is 2.27. The number of hydrogen-bond acceptors (Lipinski definition) is 3. The maximum Gasteiger partial charge on any atom is 0.291 e. The minimum Gasteiger partial charge on any atom is -0.389 e. The van der Waals surface area contributed by atoms with E-state index in [0.29, 0.717) is 18.7 Å². The van der Waals surface area contributed by atoms with Crippen molar-refractivity contribution in [1.29, 1.82) is 0 Å². The summed E-state index contributed by atoms with van der Waals surface area (Å²) in [6.07, 6.45) is 0.554. The highest BCUT2D eigenvalue weighted by atomic mass is 32.2. The highest BCUT2D eigenvalue weighted by Gasteiger charge is 2.34. The Bertz CT molecular complexity index is 1000. The van der Waals surface area contributed by atoms with Crippen LogP contribution in [0.15, 0.2) is 66.7 Å². The molecule has 0 fully saturated rings. The summed E-state index contributed by atoms with van der Waals surface area (Å²) in [5, 5.41) is 2.12. The molecule has 132 valence electrons. The number of nitrogens with zero attached hydrogens (tertiary/aromatic N) is 1. The van der Waals surface area contributed by atoms with Gasteiger partial charge in [0.05, 0.1) is 6.04 Å². The van der Waals surface area contributed by atoms with Crippen LogP contribution < -0.4 is 4.18 Å². The molecular formula is C21H19NO3S. The van der Waals surface area contributed by atoms with Gasteiger partial charge in [-0.15, -0.1) is 0 Å². The van der Waals surface area contributed by atoms with Crippen molar-refractivity contribution in [3.8, 4) is 5.75 Å². The zero-order valence-electron chi connectivity index (χ0n) is 14.4. The van der Waals surface area contributed by atoms with Crippen molar-refractivity contribution < 1.29 is 13.2 Å². The van der Waals surface area contributed by atoms with Crippen molar-refractivity contribution in [2.75, 3.05) is 0 Å². The molecular weight excluding hydrogens is 346 g/mol. The third-order valence-corrected chi connectivity index (χ3v) is 5.86. The topological polar surface area (TPSA) is 46.6 Å². The summed E-state index contributed by atoms with van der Waals surface area (Å²) in [4.78, 5) is 12.1. The van der Waals surface area contributed by atoms with E-state index in [1.54, 1.807) is 17.3 Å². The van der Waals surface area contributed by atoms with Crippen LogP contribution in [0.3, 0.4) is 0 Å². The normalized spacial score (nSPS) is 18.3. The lowest BCUT2D eigenvalue weighted by atomic mass is 9.94. The van der Waals surface area contributed by atoms with Crippen LogP contribution in [0.2, 0.25) is 0 Å². The molecule has 0 spiro atoms. The molecule has 1 unspecified atom stereocenters. The maximum absolute atomic E-state index is 12.9. The Kier molecular flexibility index (Phi) is 4.57. The van der Waals surface area contributed by atoms with Gasteiger partial charge in [0.1, 0.15) is 11.5 Å². The van der Waals surface area contributed by atoms with E-state index in [1.807, 2.05) is 60.7 Å². The zero-order valence-corrected chi connectivity index (χ0v) is 15.2. The van der Waals surface area contributed by atoms with Crippen molar-refractivity contribution in [3.63, 3.8) is 0 Å². The molecule has 5 heteroatoms. The largest absolute Gasteiger partial charge is 0.389 e. The number of fused-ring (bicyclic) bond motifs is 2. The first kappa shape index (κ1) is 16.9. The molecule has 0 aromatic heterocycles. The van der Waals surface area contributed by atoms with Crippen LogP contribution >= 0.6 is 0 Å². The van der Waals surface area contributed by atoms with E-state index < -0.39 is 17.3 Å². The van der Waals surface area contributed by atoms with Crippen molar-refractivity contribution in [2.45, 2.75) is 25.9 Å². The first-order chi connectivity index (χ1) is 12.6. The van der Waals surface area contributed by atoms with Crippen LogP contribution in [-0.4, -0.2) is 20.3 Å². The van der Waals surface area contributed by atoms with Crippen LogP contribution in [0.5, 0.6) is 5.75 Å². The lowest BCUT2D eigenvalue weighted by Crippen LogP contribution is -2.46. The van der Waals surface area contributed by atoms with Gasteiger partial charge in [-0.1, -0.05) is 54.6 Å². The van der Waals surface area contributed by atoms with E-state index in [-0.39, 0.29) is 5.78 Å². The standard InChI is InChI=1S/C21H19NO3S/c1-15(23)21-13-18-8-4-5-9-19(18)14-22(21)26(24)25-20-11-10-16-6-2-3-7-17(16)12-20/h2-12,21H,13-14H2,1H3/t21-,26?/m1/s1. The molecule has 4 rings (SSSR count). The Morgan fingerprint density at radius 3 is 2.46 bits per heavy atom. The summed E-state index contributed by atoms with van der Waals surface area (Å²) in [7, 11) is 0. The highest BCUT2D eigenvalue weighted by molar-refractivity contribution is 7.78. The first-order valence-electron chi connectivity index (χ1n) is 8.55. The SMILES string of the molecule is CC(=O)[C@H]1Cc2ccccc2CN1S(=O)Oc1ccc2ccccc2c1. The van der Waals surface area contributed by atoms with Gasteiger partial charge < -0.3 is 4.18 Å². The molecule has 0 saturated heterocycles. The zero-order chi connectivity index (χ0) is 18.1. The predicted molar refractivity (Wildman–Crippen MR) is 103 cm³/mol. The predicted octanol–water partition coefficient (Wildman–Crippen LogP) is 3.81. The van der Waals surface area contributed by atoms with E-state index in [1.165, 1.54) is 0 Å². The number of rotatable bonds is 4. The Balaban J connectivity index is 1.60. The minimum absolute atomic E-state index is 0.00466.